The highest BCUT2D eigenvalue weighted by Gasteiger charge is 2.38. The lowest BCUT2D eigenvalue weighted by Crippen LogP contribution is -2.41. The minimum absolute atomic E-state index is 0.0699. The Balaban J connectivity index is 1.46. The van der Waals surface area contributed by atoms with Crippen LogP contribution in [0.1, 0.15) is 25.7 Å². The molecule has 2 aliphatic heterocycles. The standard InChI is InChI=1S/C17H17ClN4O3/c1-2-3-6-17(21-22-17)7-8-19-15(23)10-14-16(24)20-12-9-11(18)4-5-13(12)25-14/h1,4-5,9,14H,3,6-8,10H2,(H,19,23)(H,20,24). The van der Waals surface area contributed by atoms with Crippen LogP contribution in [-0.4, -0.2) is 30.1 Å². The van der Waals surface area contributed by atoms with Gasteiger partial charge in [0.2, 0.25) is 5.91 Å². The van der Waals surface area contributed by atoms with Gasteiger partial charge < -0.3 is 15.4 Å². The molecule has 1 atom stereocenters. The third-order valence-corrected chi connectivity index (χ3v) is 4.27. The molecule has 2 amide bonds. The van der Waals surface area contributed by atoms with Gasteiger partial charge in [-0.1, -0.05) is 11.6 Å². The van der Waals surface area contributed by atoms with E-state index >= 15 is 0 Å². The molecule has 25 heavy (non-hydrogen) atoms. The summed E-state index contributed by atoms with van der Waals surface area (Å²) in [6.07, 6.45) is 6.17. The van der Waals surface area contributed by atoms with Crippen molar-refractivity contribution >= 4 is 29.1 Å². The number of hydrogen-bond acceptors (Lipinski definition) is 5. The first-order chi connectivity index (χ1) is 12.0. The normalized spacial score (nSPS) is 19.2. The summed E-state index contributed by atoms with van der Waals surface area (Å²) in [6.45, 7) is 0.414. The van der Waals surface area contributed by atoms with E-state index in [1.165, 1.54) is 0 Å². The van der Waals surface area contributed by atoms with Crippen molar-refractivity contribution in [2.45, 2.75) is 37.5 Å². The van der Waals surface area contributed by atoms with Gasteiger partial charge in [-0.2, -0.15) is 10.2 Å². The highest BCUT2D eigenvalue weighted by Crippen LogP contribution is 2.36. The molecule has 2 aliphatic rings. The molecule has 0 aliphatic carbocycles. The molecule has 0 saturated heterocycles. The summed E-state index contributed by atoms with van der Waals surface area (Å²) in [6, 6.07) is 4.92. The minimum atomic E-state index is -0.876. The molecule has 1 unspecified atom stereocenters. The van der Waals surface area contributed by atoms with Gasteiger partial charge in [0, 0.05) is 30.8 Å². The van der Waals surface area contributed by atoms with E-state index < -0.39 is 11.8 Å². The fourth-order valence-corrected chi connectivity index (χ4v) is 2.74. The number of nitrogens with zero attached hydrogens (tertiary/aromatic N) is 2. The molecule has 2 N–H and O–H groups in total. The van der Waals surface area contributed by atoms with Gasteiger partial charge >= 0.3 is 0 Å². The number of terminal acetylenes is 1. The third kappa shape index (κ3) is 4.28. The molecule has 7 nitrogen and oxygen atoms in total. The van der Waals surface area contributed by atoms with Crippen LogP contribution in [0, 0.1) is 12.3 Å². The van der Waals surface area contributed by atoms with Gasteiger partial charge in [-0.3, -0.25) is 9.59 Å². The van der Waals surface area contributed by atoms with E-state index in [2.05, 4.69) is 26.8 Å². The summed E-state index contributed by atoms with van der Waals surface area (Å²) in [4.78, 5) is 24.1. The second-order valence-corrected chi connectivity index (χ2v) is 6.36. The summed E-state index contributed by atoms with van der Waals surface area (Å²) in [5, 5.41) is 14.0. The molecule has 1 aromatic carbocycles. The number of fused-ring (bicyclic) bond motifs is 1. The van der Waals surface area contributed by atoms with Crippen molar-refractivity contribution in [3.05, 3.63) is 23.2 Å². The summed E-state index contributed by atoms with van der Waals surface area (Å²) < 4.78 is 5.59. The van der Waals surface area contributed by atoms with Gasteiger partial charge in [0.1, 0.15) is 5.75 Å². The molecule has 3 rings (SSSR count). The van der Waals surface area contributed by atoms with Gasteiger partial charge in [0.25, 0.3) is 5.91 Å². The Labute approximate surface area is 150 Å². The second-order valence-electron chi connectivity index (χ2n) is 5.93. The summed E-state index contributed by atoms with van der Waals surface area (Å²) >= 11 is 5.88. The van der Waals surface area contributed by atoms with Crippen molar-refractivity contribution in [2.75, 3.05) is 11.9 Å². The van der Waals surface area contributed by atoms with Crippen LogP contribution in [0.3, 0.4) is 0 Å². The molecule has 0 aromatic heterocycles. The number of amides is 2. The quantitative estimate of drug-likeness (QED) is 0.732. The van der Waals surface area contributed by atoms with E-state index in [1.54, 1.807) is 18.2 Å². The highest BCUT2D eigenvalue weighted by atomic mass is 35.5. The van der Waals surface area contributed by atoms with Gasteiger partial charge in [-0.05, 0) is 18.2 Å². The average molecular weight is 361 g/mol. The number of carbonyl (C=O) groups is 2. The van der Waals surface area contributed by atoms with Crippen molar-refractivity contribution in [3.63, 3.8) is 0 Å². The first-order valence-corrected chi connectivity index (χ1v) is 8.30. The molecule has 0 radical (unpaired) electrons. The van der Waals surface area contributed by atoms with Crippen molar-refractivity contribution in [1.29, 1.82) is 0 Å². The van der Waals surface area contributed by atoms with Crippen LogP contribution in [0.15, 0.2) is 28.4 Å². The van der Waals surface area contributed by atoms with E-state index in [1.807, 2.05) is 0 Å². The number of halogens is 1. The molecular weight excluding hydrogens is 344 g/mol. The average Bonchev–Trinajstić information content (AvgIpc) is 3.34. The van der Waals surface area contributed by atoms with E-state index in [9.17, 15) is 9.59 Å². The minimum Gasteiger partial charge on any atom is -0.478 e. The zero-order valence-corrected chi connectivity index (χ0v) is 14.2. The molecule has 8 heteroatoms. The van der Waals surface area contributed by atoms with Crippen molar-refractivity contribution in [3.8, 4) is 18.1 Å². The monoisotopic (exact) mass is 360 g/mol. The third-order valence-electron chi connectivity index (χ3n) is 4.03. The molecule has 0 spiro atoms. The van der Waals surface area contributed by atoms with Crippen LogP contribution >= 0.6 is 11.6 Å². The second kappa shape index (κ2) is 7.11. The maximum absolute atomic E-state index is 12.1. The van der Waals surface area contributed by atoms with E-state index in [0.717, 1.165) is 0 Å². The lowest BCUT2D eigenvalue weighted by atomic mass is 10.0. The first kappa shape index (κ1) is 17.2. The Kier molecular flexibility index (Phi) is 4.91. The lowest BCUT2D eigenvalue weighted by Gasteiger charge is -2.25. The summed E-state index contributed by atoms with van der Waals surface area (Å²) in [5.41, 5.74) is 0.0675. The van der Waals surface area contributed by atoms with Gasteiger partial charge in [0.05, 0.1) is 12.1 Å². The molecule has 130 valence electrons. The van der Waals surface area contributed by atoms with E-state index in [-0.39, 0.29) is 18.2 Å². The SMILES string of the molecule is C#CCCC1(CCNC(=O)CC2Oc3ccc(Cl)cc3NC2=O)N=N1. The highest BCUT2D eigenvalue weighted by molar-refractivity contribution is 6.31. The lowest BCUT2D eigenvalue weighted by molar-refractivity contribution is -0.130. The van der Waals surface area contributed by atoms with Crippen LogP contribution in [0.25, 0.3) is 0 Å². The van der Waals surface area contributed by atoms with E-state index in [0.29, 0.717) is 42.3 Å². The van der Waals surface area contributed by atoms with Crippen molar-refractivity contribution in [2.24, 2.45) is 10.2 Å². The van der Waals surface area contributed by atoms with E-state index in [4.69, 9.17) is 22.8 Å². The molecule has 0 bridgehead atoms. The maximum atomic E-state index is 12.1. The maximum Gasteiger partial charge on any atom is 0.266 e. The Morgan fingerprint density at radius 2 is 2.24 bits per heavy atom. The Morgan fingerprint density at radius 3 is 2.96 bits per heavy atom. The van der Waals surface area contributed by atoms with Crippen LogP contribution in [0.4, 0.5) is 5.69 Å². The number of ether oxygens (including phenoxy) is 1. The number of rotatable bonds is 7. The smallest absolute Gasteiger partial charge is 0.266 e. The summed E-state index contributed by atoms with van der Waals surface area (Å²) in [5.74, 6) is 2.40. The molecule has 0 saturated carbocycles. The van der Waals surface area contributed by atoms with Gasteiger partial charge in [-0.15, -0.1) is 12.3 Å². The predicted octanol–water partition coefficient (Wildman–Crippen LogP) is 2.51. The topological polar surface area (TPSA) is 92.2 Å². The number of anilines is 1. The van der Waals surface area contributed by atoms with Crippen LogP contribution < -0.4 is 15.4 Å². The Bertz CT molecular complexity index is 766. The first-order valence-electron chi connectivity index (χ1n) is 7.93. The Morgan fingerprint density at radius 1 is 1.44 bits per heavy atom. The zero-order chi connectivity index (χ0) is 17.9. The fourth-order valence-electron chi connectivity index (χ4n) is 2.57. The number of hydrogen-bond donors (Lipinski definition) is 2. The van der Waals surface area contributed by atoms with Gasteiger partial charge in [0.15, 0.2) is 11.8 Å². The van der Waals surface area contributed by atoms with Crippen molar-refractivity contribution in [1.82, 2.24) is 5.32 Å². The fraction of sp³-hybridized carbons (Fsp3) is 0.412. The molecule has 2 heterocycles. The van der Waals surface area contributed by atoms with Gasteiger partial charge in [-0.25, -0.2) is 0 Å². The largest absolute Gasteiger partial charge is 0.478 e. The number of benzene rings is 1. The van der Waals surface area contributed by atoms with Crippen LogP contribution in [0.5, 0.6) is 5.75 Å². The Hall–Kier alpha value is -2.59. The number of carbonyl (C=O) groups excluding carboxylic acids is 2. The molecule has 1 aromatic rings. The summed E-state index contributed by atoms with van der Waals surface area (Å²) in [7, 11) is 0. The molecular formula is C17H17ClN4O3. The van der Waals surface area contributed by atoms with Crippen LogP contribution in [-0.2, 0) is 9.59 Å². The van der Waals surface area contributed by atoms with Crippen LogP contribution in [0.2, 0.25) is 5.02 Å². The molecule has 0 fully saturated rings. The number of nitrogens with one attached hydrogen (secondary N) is 2. The predicted molar refractivity (Wildman–Crippen MR) is 92.4 cm³/mol. The van der Waals surface area contributed by atoms with Crippen molar-refractivity contribution < 1.29 is 14.3 Å². The zero-order valence-electron chi connectivity index (χ0n) is 13.4.